The maximum Gasteiger partial charge on any atom is 0.191 e. The summed E-state index contributed by atoms with van der Waals surface area (Å²) in [5, 5.41) is 6.64. The molecule has 0 aliphatic carbocycles. The van der Waals surface area contributed by atoms with Gasteiger partial charge in [0, 0.05) is 26.7 Å². The largest absolute Gasteiger partial charge is 0.377 e. The van der Waals surface area contributed by atoms with E-state index in [4.69, 9.17) is 4.74 Å². The van der Waals surface area contributed by atoms with Gasteiger partial charge in [-0.05, 0) is 39.3 Å². The summed E-state index contributed by atoms with van der Waals surface area (Å²) in [4.78, 5) is 9.01. The van der Waals surface area contributed by atoms with Crippen LogP contribution in [0.1, 0.15) is 27.2 Å². The SMILES string of the molecule is CCNC(=NCC(C)(C)OC)NCCCn1cnc2ccccc21. The Bertz CT molecular complexity index is 662. The molecule has 0 aliphatic heterocycles. The summed E-state index contributed by atoms with van der Waals surface area (Å²) in [6, 6.07) is 8.21. The number of fused-ring (bicyclic) bond motifs is 1. The van der Waals surface area contributed by atoms with Crippen LogP contribution in [-0.4, -0.2) is 47.9 Å². The molecule has 24 heavy (non-hydrogen) atoms. The number of aromatic nitrogens is 2. The van der Waals surface area contributed by atoms with Gasteiger partial charge < -0.3 is 19.9 Å². The van der Waals surface area contributed by atoms with Crippen molar-refractivity contribution in [3.63, 3.8) is 0 Å². The van der Waals surface area contributed by atoms with Crippen molar-refractivity contribution < 1.29 is 4.74 Å². The molecule has 1 aromatic heterocycles. The number of methoxy groups -OCH3 is 1. The van der Waals surface area contributed by atoms with E-state index in [-0.39, 0.29) is 5.60 Å². The highest BCUT2D eigenvalue weighted by atomic mass is 16.5. The predicted octanol–water partition coefficient (Wildman–Crippen LogP) is 2.41. The molecular weight excluding hydrogens is 302 g/mol. The standard InChI is InChI=1S/C18H29N5O/c1-5-19-17(21-13-18(2,3)24-4)20-11-8-12-23-14-22-15-9-6-7-10-16(15)23/h6-7,9-10,14H,5,8,11-13H2,1-4H3,(H2,19,20,21). The van der Waals surface area contributed by atoms with Crippen LogP contribution in [0.5, 0.6) is 0 Å². The zero-order valence-electron chi connectivity index (χ0n) is 15.2. The molecule has 0 bridgehead atoms. The fourth-order valence-electron chi connectivity index (χ4n) is 2.32. The molecule has 1 heterocycles. The average molecular weight is 331 g/mol. The lowest BCUT2D eigenvalue weighted by molar-refractivity contribution is 0.0310. The van der Waals surface area contributed by atoms with Crippen LogP contribution in [0, 0.1) is 0 Å². The lowest BCUT2D eigenvalue weighted by Gasteiger charge is -2.21. The molecule has 0 saturated carbocycles. The fraction of sp³-hybridized carbons (Fsp3) is 0.556. The van der Waals surface area contributed by atoms with E-state index in [1.165, 1.54) is 5.52 Å². The topological polar surface area (TPSA) is 63.5 Å². The maximum absolute atomic E-state index is 5.41. The zero-order chi connectivity index (χ0) is 17.4. The second-order valence-electron chi connectivity index (χ2n) is 6.37. The molecule has 0 spiro atoms. The van der Waals surface area contributed by atoms with Gasteiger partial charge in [-0.1, -0.05) is 12.1 Å². The van der Waals surface area contributed by atoms with Crippen molar-refractivity contribution in [1.29, 1.82) is 0 Å². The number of hydrogen-bond acceptors (Lipinski definition) is 3. The normalized spacial score (nSPS) is 12.6. The van der Waals surface area contributed by atoms with Crippen molar-refractivity contribution in [2.24, 2.45) is 4.99 Å². The summed E-state index contributed by atoms with van der Waals surface area (Å²) < 4.78 is 7.60. The van der Waals surface area contributed by atoms with Gasteiger partial charge in [-0.2, -0.15) is 0 Å². The molecule has 0 atom stereocenters. The Kier molecular flexibility index (Phi) is 6.61. The number of para-hydroxylation sites is 2. The predicted molar refractivity (Wildman–Crippen MR) is 99.4 cm³/mol. The zero-order valence-corrected chi connectivity index (χ0v) is 15.2. The van der Waals surface area contributed by atoms with E-state index >= 15 is 0 Å². The van der Waals surface area contributed by atoms with Gasteiger partial charge in [0.25, 0.3) is 0 Å². The number of rotatable bonds is 8. The minimum Gasteiger partial charge on any atom is -0.377 e. The monoisotopic (exact) mass is 331 g/mol. The Hall–Kier alpha value is -2.08. The van der Waals surface area contributed by atoms with E-state index < -0.39 is 0 Å². The quantitative estimate of drug-likeness (QED) is 0.443. The van der Waals surface area contributed by atoms with Crippen molar-refractivity contribution in [3.05, 3.63) is 30.6 Å². The molecular formula is C18H29N5O. The van der Waals surface area contributed by atoms with Gasteiger partial charge in [-0.3, -0.25) is 4.99 Å². The van der Waals surface area contributed by atoms with Gasteiger partial charge >= 0.3 is 0 Å². The third-order valence-electron chi connectivity index (χ3n) is 3.91. The van der Waals surface area contributed by atoms with Gasteiger partial charge in [-0.15, -0.1) is 0 Å². The van der Waals surface area contributed by atoms with Crippen LogP contribution in [0.15, 0.2) is 35.6 Å². The first-order chi connectivity index (χ1) is 11.6. The average Bonchev–Trinajstić information content (AvgIpc) is 3.00. The van der Waals surface area contributed by atoms with E-state index in [1.807, 2.05) is 38.4 Å². The Morgan fingerprint density at radius 1 is 1.29 bits per heavy atom. The number of nitrogens with one attached hydrogen (secondary N) is 2. The molecule has 6 nitrogen and oxygen atoms in total. The third kappa shape index (κ3) is 5.23. The number of nitrogens with zero attached hydrogens (tertiary/aromatic N) is 3. The van der Waals surface area contributed by atoms with E-state index in [0.29, 0.717) is 6.54 Å². The van der Waals surface area contributed by atoms with E-state index in [0.717, 1.165) is 37.5 Å². The van der Waals surface area contributed by atoms with Crippen LogP contribution in [0.25, 0.3) is 11.0 Å². The van der Waals surface area contributed by atoms with Gasteiger partial charge in [-0.25, -0.2) is 4.98 Å². The molecule has 6 heteroatoms. The summed E-state index contributed by atoms with van der Waals surface area (Å²) in [6.07, 6.45) is 2.91. The van der Waals surface area contributed by atoms with Crippen LogP contribution in [-0.2, 0) is 11.3 Å². The first-order valence-corrected chi connectivity index (χ1v) is 8.53. The van der Waals surface area contributed by atoms with E-state index in [2.05, 4.69) is 38.2 Å². The maximum atomic E-state index is 5.41. The highest BCUT2D eigenvalue weighted by Gasteiger charge is 2.15. The second kappa shape index (κ2) is 8.68. The Labute approximate surface area is 144 Å². The molecule has 132 valence electrons. The Morgan fingerprint density at radius 3 is 2.83 bits per heavy atom. The number of hydrogen-bond donors (Lipinski definition) is 2. The molecule has 2 aromatic rings. The van der Waals surface area contributed by atoms with Crippen molar-refractivity contribution >= 4 is 17.0 Å². The van der Waals surface area contributed by atoms with Crippen molar-refractivity contribution in [2.75, 3.05) is 26.7 Å². The summed E-state index contributed by atoms with van der Waals surface area (Å²) in [7, 11) is 1.71. The van der Waals surface area contributed by atoms with Crippen LogP contribution in [0.4, 0.5) is 0 Å². The van der Waals surface area contributed by atoms with Gasteiger partial charge in [0.05, 0.1) is 29.5 Å². The number of guanidine groups is 1. The first kappa shape index (κ1) is 18.3. The molecule has 2 N–H and O–H groups in total. The minimum absolute atomic E-state index is 0.252. The number of ether oxygens (including phenoxy) is 1. The van der Waals surface area contributed by atoms with Crippen LogP contribution in [0.3, 0.4) is 0 Å². The number of imidazole rings is 1. The van der Waals surface area contributed by atoms with E-state index in [9.17, 15) is 0 Å². The van der Waals surface area contributed by atoms with Gasteiger partial charge in [0.15, 0.2) is 5.96 Å². The summed E-state index contributed by atoms with van der Waals surface area (Å²) in [5.74, 6) is 0.832. The molecule has 2 rings (SSSR count). The number of aryl methyl sites for hydroxylation is 1. The number of benzene rings is 1. The molecule has 0 aliphatic rings. The lowest BCUT2D eigenvalue weighted by atomic mass is 10.1. The van der Waals surface area contributed by atoms with Crippen LogP contribution < -0.4 is 10.6 Å². The van der Waals surface area contributed by atoms with Crippen LogP contribution >= 0.6 is 0 Å². The summed E-state index contributed by atoms with van der Waals surface area (Å²) >= 11 is 0. The van der Waals surface area contributed by atoms with Gasteiger partial charge in [0.2, 0.25) is 0 Å². The third-order valence-corrected chi connectivity index (χ3v) is 3.91. The highest BCUT2D eigenvalue weighted by molar-refractivity contribution is 5.79. The summed E-state index contributed by atoms with van der Waals surface area (Å²) in [6.45, 7) is 9.36. The smallest absolute Gasteiger partial charge is 0.191 e. The molecule has 0 radical (unpaired) electrons. The van der Waals surface area contributed by atoms with Crippen molar-refractivity contribution in [3.8, 4) is 0 Å². The summed E-state index contributed by atoms with van der Waals surface area (Å²) in [5.41, 5.74) is 1.97. The molecule has 0 saturated heterocycles. The first-order valence-electron chi connectivity index (χ1n) is 8.53. The van der Waals surface area contributed by atoms with Crippen LogP contribution in [0.2, 0.25) is 0 Å². The molecule has 0 fully saturated rings. The van der Waals surface area contributed by atoms with Crippen molar-refractivity contribution in [1.82, 2.24) is 20.2 Å². The van der Waals surface area contributed by atoms with E-state index in [1.54, 1.807) is 7.11 Å². The molecule has 1 aromatic carbocycles. The fourth-order valence-corrected chi connectivity index (χ4v) is 2.32. The Morgan fingerprint density at radius 2 is 2.08 bits per heavy atom. The minimum atomic E-state index is -0.252. The molecule has 0 amide bonds. The van der Waals surface area contributed by atoms with Gasteiger partial charge in [0.1, 0.15) is 0 Å². The number of aliphatic imine (C=N–C) groups is 1. The molecule has 0 unspecified atom stereocenters. The van der Waals surface area contributed by atoms with Crippen molar-refractivity contribution in [2.45, 2.75) is 39.3 Å². The lowest BCUT2D eigenvalue weighted by Crippen LogP contribution is -2.39. The second-order valence-corrected chi connectivity index (χ2v) is 6.37. The Balaban J connectivity index is 1.83. The highest BCUT2D eigenvalue weighted by Crippen LogP contribution is 2.11.